The summed E-state index contributed by atoms with van der Waals surface area (Å²) in [6.45, 7) is 2.16. The van der Waals surface area contributed by atoms with Gasteiger partial charge in [0.1, 0.15) is 24.2 Å². The van der Waals surface area contributed by atoms with Crippen molar-refractivity contribution in [3.05, 3.63) is 88.8 Å². The van der Waals surface area contributed by atoms with Crippen LogP contribution in [0.4, 0.5) is 0 Å². The number of methoxy groups -OCH3 is 1. The molecule has 1 N–H and O–H groups in total. The average Bonchev–Trinajstić information content (AvgIpc) is 3.51. The molecule has 0 fully saturated rings. The summed E-state index contributed by atoms with van der Waals surface area (Å²) in [5, 5.41) is 15.6. The summed E-state index contributed by atoms with van der Waals surface area (Å²) in [7, 11) is 1.65. The number of hydrogen-bond donors (Lipinski definition) is 1. The van der Waals surface area contributed by atoms with Crippen LogP contribution in [0.15, 0.2) is 76.5 Å². The third-order valence-corrected chi connectivity index (χ3v) is 5.75. The van der Waals surface area contributed by atoms with E-state index in [1.807, 2.05) is 60.7 Å². The van der Waals surface area contributed by atoms with Crippen LogP contribution < -0.4 is 4.74 Å². The Labute approximate surface area is 204 Å². The first kappa shape index (κ1) is 24.3. The number of hydrogen-bond acceptors (Lipinski definition) is 7. The van der Waals surface area contributed by atoms with Crippen LogP contribution in [0.25, 0.3) is 0 Å². The normalized spacial score (nSPS) is 16.4. The van der Waals surface area contributed by atoms with Gasteiger partial charge in [-0.15, -0.1) is 0 Å². The summed E-state index contributed by atoms with van der Waals surface area (Å²) < 4.78 is 16.1. The molecule has 1 aromatic heterocycles. The average molecular weight is 485 g/mol. The lowest BCUT2D eigenvalue weighted by molar-refractivity contribution is -0.00955. The standard InChI is InChI=1S/C26H29ClN2O5/c1-31-23-9-7-20(8-10-23)26-13-25(34-28-26)16-29(14-19-4-2-5-21(27)12-19)15-22(30)17-32-18-24-6-3-11-33-24/h2-12,22,25,30H,13-18H2,1H3. The number of halogens is 1. The maximum atomic E-state index is 10.6. The molecular weight excluding hydrogens is 456 g/mol. The number of furan rings is 1. The van der Waals surface area contributed by atoms with Crippen LogP contribution in [0.3, 0.4) is 0 Å². The third-order valence-electron chi connectivity index (χ3n) is 5.52. The van der Waals surface area contributed by atoms with Crippen LogP contribution in [-0.2, 0) is 22.7 Å². The van der Waals surface area contributed by atoms with Gasteiger partial charge in [0.15, 0.2) is 0 Å². The van der Waals surface area contributed by atoms with E-state index >= 15 is 0 Å². The highest BCUT2D eigenvalue weighted by Crippen LogP contribution is 2.21. The zero-order valence-electron chi connectivity index (χ0n) is 19.1. The van der Waals surface area contributed by atoms with E-state index in [0.717, 1.165) is 28.3 Å². The second kappa shape index (κ2) is 12.0. The SMILES string of the molecule is COc1ccc(C2=NOC(CN(Cc3cccc(Cl)c3)CC(O)COCc3ccco3)C2)cc1. The molecule has 180 valence electrons. The minimum Gasteiger partial charge on any atom is -0.497 e. The van der Waals surface area contributed by atoms with Crippen molar-refractivity contribution in [2.45, 2.75) is 31.8 Å². The first-order valence-electron chi connectivity index (χ1n) is 11.2. The van der Waals surface area contributed by atoms with Crippen molar-refractivity contribution in [1.82, 2.24) is 4.90 Å². The first-order chi connectivity index (χ1) is 16.6. The Hall–Kier alpha value is -2.84. The van der Waals surface area contributed by atoms with Gasteiger partial charge >= 0.3 is 0 Å². The molecule has 2 atom stereocenters. The van der Waals surface area contributed by atoms with Gasteiger partial charge in [0.05, 0.1) is 31.8 Å². The van der Waals surface area contributed by atoms with E-state index < -0.39 is 6.10 Å². The molecule has 3 aromatic rings. The third kappa shape index (κ3) is 7.08. The molecule has 2 unspecified atom stereocenters. The number of rotatable bonds is 12. The summed E-state index contributed by atoms with van der Waals surface area (Å²) >= 11 is 6.18. The van der Waals surface area contributed by atoms with Gasteiger partial charge < -0.3 is 23.8 Å². The predicted octanol–water partition coefficient (Wildman–Crippen LogP) is 4.51. The summed E-state index contributed by atoms with van der Waals surface area (Å²) in [5.74, 6) is 1.53. The molecule has 0 bridgehead atoms. The fourth-order valence-corrected chi connectivity index (χ4v) is 4.12. The molecule has 0 saturated carbocycles. The number of oxime groups is 1. The molecule has 0 amide bonds. The van der Waals surface area contributed by atoms with Crippen LogP contribution in [0.5, 0.6) is 5.75 Å². The van der Waals surface area contributed by atoms with Crippen LogP contribution in [0.1, 0.15) is 23.3 Å². The smallest absolute Gasteiger partial charge is 0.145 e. The van der Waals surface area contributed by atoms with E-state index in [1.165, 1.54) is 0 Å². The minimum absolute atomic E-state index is 0.118. The summed E-state index contributed by atoms with van der Waals surface area (Å²) in [6.07, 6.45) is 1.50. The fourth-order valence-electron chi connectivity index (χ4n) is 3.91. The van der Waals surface area contributed by atoms with Crippen molar-refractivity contribution in [2.24, 2.45) is 5.16 Å². The number of aliphatic hydroxyl groups is 1. The lowest BCUT2D eigenvalue weighted by atomic mass is 10.0. The molecule has 4 rings (SSSR count). The Morgan fingerprint density at radius 1 is 1.18 bits per heavy atom. The first-order valence-corrected chi connectivity index (χ1v) is 11.6. The monoisotopic (exact) mass is 484 g/mol. The van der Waals surface area contributed by atoms with Gasteiger partial charge in [0.25, 0.3) is 0 Å². The molecule has 0 spiro atoms. The molecule has 2 aromatic carbocycles. The Morgan fingerprint density at radius 2 is 2.03 bits per heavy atom. The topological polar surface area (TPSA) is 76.7 Å². The van der Waals surface area contributed by atoms with Crippen molar-refractivity contribution in [3.8, 4) is 5.75 Å². The molecule has 0 radical (unpaired) electrons. The quantitative estimate of drug-likeness (QED) is 0.407. The number of ether oxygens (including phenoxy) is 2. The molecular formula is C26H29ClN2O5. The number of benzene rings is 2. The molecule has 1 aliphatic heterocycles. The number of aliphatic hydroxyl groups excluding tert-OH is 1. The van der Waals surface area contributed by atoms with E-state index in [1.54, 1.807) is 13.4 Å². The van der Waals surface area contributed by atoms with E-state index in [4.69, 9.17) is 30.3 Å². The van der Waals surface area contributed by atoms with Gasteiger partial charge in [-0.2, -0.15) is 0 Å². The van der Waals surface area contributed by atoms with Crippen LogP contribution in [-0.4, -0.2) is 54.7 Å². The second-order valence-electron chi connectivity index (χ2n) is 8.27. The van der Waals surface area contributed by atoms with E-state index in [2.05, 4.69) is 10.1 Å². The number of nitrogens with zero attached hydrogens (tertiary/aromatic N) is 2. The predicted molar refractivity (Wildman–Crippen MR) is 130 cm³/mol. The van der Waals surface area contributed by atoms with Crippen LogP contribution in [0, 0.1) is 0 Å². The van der Waals surface area contributed by atoms with Crippen LogP contribution in [0.2, 0.25) is 5.02 Å². The van der Waals surface area contributed by atoms with Crippen molar-refractivity contribution in [3.63, 3.8) is 0 Å². The second-order valence-corrected chi connectivity index (χ2v) is 8.71. The van der Waals surface area contributed by atoms with E-state index in [9.17, 15) is 5.11 Å². The van der Waals surface area contributed by atoms with Gasteiger partial charge in [-0.3, -0.25) is 4.90 Å². The summed E-state index contributed by atoms with van der Waals surface area (Å²) in [5.41, 5.74) is 2.97. The van der Waals surface area contributed by atoms with Gasteiger partial charge in [-0.05, 0) is 59.7 Å². The molecule has 34 heavy (non-hydrogen) atoms. The Morgan fingerprint density at radius 3 is 2.76 bits per heavy atom. The molecule has 1 aliphatic rings. The van der Waals surface area contributed by atoms with E-state index in [0.29, 0.717) is 37.7 Å². The molecule has 8 heteroatoms. The maximum Gasteiger partial charge on any atom is 0.145 e. The highest BCUT2D eigenvalue weighted by Gasteiger charge is 2.26. The Kier molecular flexibility index (Phi) is 8.60. The van der Waals surface area contributed by atoms with E-state index in [-0.39, 0.29) is 12.7 Å². The van der Waals surface area contributed by atoms with Crippen molar-refractivity contribution < 1.29 is 23.8 Å². The summed E-state index contributed by atoms with van der Waals surface area (Å²) in [4.78, 5) is 7.89. The van der Waals surface area contributed by atoms with Gasteiger partial charge in [0.2, 0.25) is 0 Å². The van der Waals surface area contributed by atoms with Gasteiger partial charge in [-0.1, -0.05) is 28.9 Å². The van der Waals surface area contributed by atoms with Crippen molar-refractivity contribution in [2.75, 3.05) is 26.8 Å². The molecule has 7 nitrogen and oxygen atoms in total. The largest absolute Gasteiger partial charge is 0.497 e. The van der Waals surface area contributed by atoms with Gasteiger partial charge in [0, 0.05) is 31.1 Å². The molecule has 2 heterocycles. The zero-order chi connectivity index (χ0) is 23.8. The summed E-state index contributed by atoms with van der Waals surface area (Å²) in [6, 6.07) is 19.2. The highest BCUT2D eigenvalue weighted by atomic mass is 35.5. The van der Waals surface area contributed by atoms with Crippen molar-refractivity contribution in [1.29, 1.82) is 0 Å². The lowest BCUT2D eigenvalue weighted by Crippen LogP contribution is -2.39. The lowest BCUT2D eigenvalue weighted by Gasteiger charge is -2.27. The van der Waals surface area contributed by atoms with Crippen molar-refractivity contribution >= 4 is 17.3 Å². The fraction of sp³-hybridized carbons (Fsp3) is 0.346. The minimum atomic E-state index is -0.669. The maximum absolute atomic E-state index is 10.6. The van der Waals surface area contributed by atoms with Crippen LogP contribution >= 0.6 is 11.6 Å². The highest BCUT2D eigenvalue weighted by molar-refractivity contribution is 6.30. The zero-order valence-corrected chi connectivity index (χ0v) is 19.9. The van der Waals surface area contributed by atoms with Gasteiger partial charge in [-0.25, -0.2) is 0 Å². The molecule has 0 aliphatic carbocycles. The Bertz CT molecular complexity index is 1060. The Balaban J connectivity index is 1.34. The molecule has 0 saturated heterocycles.